The number of nitrogens with two attached hydrogens (primary N) is 1. The molecule has 1 aromatic rings. The lowest BCUT2D eigenvalue weighted by Crippen LogP contribution is -2.34. The molecule has 112 valence electrons. The Hall–Kier alpha value is -1.25. The summed E-state index contributed by atoms with van der Waals surface area (Å²) in [5, 5.41) is 0. The monoisotopic (exact) mass is 299 g/mol. The van der Waals surface area contributed by atoms with E-state index in [1.165, 1.54) is 25.2 Å². The van der Waals surface area contributed by atoms with Gasteiger partial charge in [0, 0.05) is 13.1 Å². The van der Waals surface area contributed by atoms with Crippen LogP contribution < -0.4 is 10.5 Å². The Morgan fingerprint density at radius 3 is 2.55 bits per heavy atom. The molecule has 0 saturated carbocycles. The summed E-state index contributed by atoms with van der Waals surface area (Å²) < 4.78 is 26.7. The smallest absolute Gasteiger partial charge is 0.243 e. The van der Waals surface area contributed by atoms with Crippen LogP contribution in [0.5, 0.6) is 0 Å². The Labute approximate surface area is 119 Å². The van der Waals surface area contributed by atoms with Crippen LogP contribution in [0.3, 0.4) is 0 Å². The number of hydrogen-bond donors (Lipinski definition) is 2. The highest BCUT2D eigenvalue weighted by atomic mass is 32.2. The first-order chi connectivity index (χ1) is 9.47. The summed E-state index contributed by atoms with van der Waals surface area (Å²) in [6.07, 6.45) is 4.91. The van der Waals surface area contributed by atoms with Crippen molar-refractivity contribution in [1.82, 2.24) is 19.6 Å². The Balaban J connectivity index is 1.86. The van der Waals surface area contributed by atoms with Crippen LogP contribution in [0.25, 0.3) is 0 Å². The molecule has 0 radical (unpaired) electrons. The number of nitrogens with zero attached hydrogens (tertiary/aromatic N) is 3. The highest BCUT2D eigenvalue weighted by molar-refractivity contribution is 7.89. The first-order valence-electron chi connectivity index (χ1n) is 6.77. The fraction of sp³-hybridized carbons (Fsp3) is 0.667. The third-order valence-corrected chi connectivity index (χ3v) is 4.73. The SMILES string of the molecule is CC(CNS(=O)(=O)c1cnc(N)nc1)CN1CCCC1. The zero-order valence-electron chi connectivity index (χ0n) is 11.6. The number of nitrogen functional groups attached to an aromatic ring is 1. The second-order valence-corrected chi connectivity index (χ2v) is 7.01. The van der Waals surface area contributed by atoms with E-state index in [0.717, 1.165) is 19.6 Å². The molecule has 8 heteroatoms. The first-order valence-corrected chi connectivity index (χ1v) is 8.25. The first kappa shape index (κ1) is 15.1. The lowest BCUT2D eigenvalue weighted by atomic mass is 10.2. The molecule has 1 fully saturated rings. The number of likely N-dealkylation sites (tertiary alicyclic amines) is 1. The second-order valence-electron chi connectivity index (χ2n) is 5.24. The normalized spacial score (nSPS) is 18.2. The van der Waals surface area contributed by atoms with E-state index in [0.29, 0.717) is 6.54 Å². The third kappa shape index (κ3) is 4.12. The summed E-state index contributed by atoms with van der Waals surface area (Å²) in [7, 11) is -3.55. The summed E-state index contributed by atoms with van der Waals surface area (Å²) in [6, 6.07) is 0. The molecule has 2 heterocycles. The summed E-state index contributed by atoms with van der Waals surface area (Å²) in [6.45, 7) is 5.59. The largest absolute Gasteiger partial charge is 0.368 e. The minimum Gasteiger partial charge on any atom is -0.368 e. The Bertz CT molecular complexity index is 525. The van der Waals surface area contributed by atoms with Crippen molar-refractivity contribution in [1.29, 1.82) is 0 Å². The van der Waals surface area contributed by atoms with E-state index >= 15 is 0 Å². The molecule has 0 amide bonds. The summed E-state index contributed by atoms with van der Waals surface area (Å²) in [4.78, 5) is 9.80. The van der Waals surface area contributed by atoms with Gasteiger partial charge in [0.25, 0.3) is 0 Å². The van der Waals surface area contributed by atoms with Crippen molar-refractivity contribution in [2.24, 2.45) is 5.92 Å². The van der Waals surface area contributed by atoms with E-state index in [4.69, 9.17) is 5.73 Å². The van der Waals surface area contributed by atoms with E-state index < -0.39 is 10.0 Å². The highest BCUT2D eigenvalue weighted by Crippen LogP contribution is 2.11. The van der Waals surface area contributed by atoms with E-state index in [2.05, 4.69) is 19.6 Å². The third-order valence-electron chi connectivity index (χ3n) is 3.35. The van der Waals surface area contributed by atoms with Crippen LogP contribution in [-0.2, 0) is 10.0 Å². The van der Waals surface area contributed by atoms with Gasteiger partial charge < -0.3 is 10.6 Å². The van der Waals surface area contributed by atoms with Gasteiger partial charge in [0.1, 0.15) is 4.90 Å². The molecule has 0 bridgehead atoms. The Morgan fingerprint density at radius 1 is 1.35 bits per heavy atom. The average molecular weight is 299 g/mol. The van der Waals surface area contributed by atoms with E-state index in [1.54, 1.807) is 0 Å². The van der Waals surface area contributed by atoms with Crippen LogP contribution in [0.4, 0.5) is 5.95 Å². The Kier molecular flexibility index (Phi) is 4.90. The maximum Gasteiger partial charge on any atom is 0.243 e. The van der Waals surface area contributed by atoms with Crippen molar-refractivity contribution in [2.75, 3.05) is 31.9 Å². The number of aromatic nitrogens is 2. The fourth-order valence-corrected chi connectivity index (χ4v) is 3.32. The van der Waals surface area contributed by atoms with Crippen LogP contribution in [0.2, 0.25) is 0 Å². The lowest BCUT2D eigenvalue weighted by molar-refractivity contribution is 0.288. The maximum atomic E-state index is 12.0. The molecule has 0 aromatic carbocycles. The molecule has 0 aliphatic carbocycles. The quantitative estimate of drug-likeness (QED) is 0.771. The second kappa shape index (κ2) is 6.47. The van der Waals surface area contributed by atoms with Crippen molar-refractivity contribution in [3.8, 4) is 0 Å². The molecule has 1 atom stereocenters. The van der Waals surface area contributed by atoms with Crippen LogP contribution in [0.15, 0.2) is 17.3 Å². The molecule has 0 spiro atoms. The molecule has 3 N–H and O–H groups in total. The van der Waals surface area contributed by atoms with Crippen molar-refractivity contribution in [2.45, 2.75) is 24.7 Å². The molecule has 2 rings (SSSR count). The number of anilines is 1. The highest BCUT2D eigenvalue weighted by Gasteiger charge is 2.18. The molecule has 1 unspecified atom stereocenters. The van der Waals surface area contributed by atoms with E-state index in [9.17, 15) is 8.42 Å². The lowest BCUT2D eigenvalue weighted by Gasteiger charge is -2.20. The molecular weight excluding hydrogens is 278 g/mol. The van der Waals surface area contributed by atoms with Crippen LogP contribution >= 0.6 is 0 Å². The minimum absolute atomic E-state index is 0.0417. The summed E-state index contributed by atoms with van der Waals surface area (Å²) in [5.74, 6) is 0.323. The van der Waals surface area contributed by atoms with Crippen LogP contribution in [0.1, 0.15) is 19.8 Å². The van der Waals surface area contributed by atoms with Gasteiger partial charge in [-0.25, -0.2) is 23.1 Å². The predicted molar refractivity (Wildman–Crippen MR) is 76.5 cm³/mol. The van der Waals surface area contributed by atoms with Gasteiger partial charge in [0.15, 0.2) is 0 Å². The van der Waals surface area contributed by atoms with Crippen LogP contribution in [-0.4, -0.2) is 49.5 Å². The number of hydrogen-bond acceptors (Lipinski definition) is 6. The van der Waals surface area contributed by atoms with Crippen molar-refractivity contribution < 1.29 is 8.42 Å². The Morgan fingerprint density at radius 2 is 1.95 bits per heavy atom. The van der Waals surface area contributed by atoms with Crippen LogP contribution in [0, 0.1) is 5.92 Å². The van der Waals surface area contributed by atoms with Gasteiger partial charge in [-0.3, -0.25) is 0 Å². The molecule has 20 heavy (non-hydrogen) atoms. The molecular formula is C12H21N5O2S. The number of sulfonamides is 1. The fourth-order valence-electron chi connectivity index (χ4n) is 2.27. The summed E-state index contributed by atoms with van der Waals surface area (Å²) >= 11 is 0. The zero-order chi connectivity index (χ0) is 14.6. The molecule has 1 aliphatic heterocycles. The van der Waals surface area contributed by atoms with Crippen molar-refractivity contribution in [3.05, 3.63) is 12.4 Å². The average Bonchev–Trinajstić information content (AvgIpc) is 2.90. The van der Waals surface area contributed by atoms with Gasteiger partial charge in [-0.1, -0.05) is 6.92 Å². The van der Waals surface area contributed by atoms with E-state index in [-0.39, 0.29) is 16.8 Å². The summed E-state index contributed by atoms with van der Waals surface area (Å²) in [5.41, 5.74) is 5.34. The molecule has 7 nitrogen and oxygen atoms in total. The number of rotatable bonds is 6. The standard InChI is InChI=1S/C12H21N5O2S/c1-10(9-17-4-2-3-5-17)6-16-20(18,19)11-7-14-12(13)15-8-11/h7-8,10,16H,2-6,9H2,1H3,(H2,13,14,15). The number of nitrogens with one attached hydrogen (secondary N) is 1. The van der Waals surface area contributed by atoms with Crippen molar-refractivity contribution >= 4 is 16.0 Å². The van der Waals surface area contributed by atoms with Gasteiger partial charge in [0.2, 0.25) is 16.0 Å². The predicted octanol–water partition coefficient (Wildman–Crippen LogP) is 0.0690. The maximum absolute atomic E-state index is 12.0. The topological polar surface area (TPSA) is 101 Å². The van der Waals surface area contributed by atoms with Gasteiger partial charge in [-0.15, -0.1) is 0 Å². The minimum atomic E-state index is -3.55. The van der Waals surface area contributed by atoms with Gasteiger partial charge >= 0.3 is 0 Å². The molecule has 1 aromatic heterocycles. The van der Waals surface area contributed by atoms with Gasteiger partial charge in [-0.05, 0) is 31.8 Å². The van der Waals surface area contributed by atoms with E-state index in [1.807, 2.05) is 6.92 Å². The van der Waals surface area contributed by atoms with Crippen molar-refractivity contribution in [3.63, 3.8) is 0 Å². The van der Waals surface area contributed by atoms with Gasteiger partial charge in [-0.2, -0.15) is 0 Å². The van der Waals surface area contributed by atoms with Gasteiger partial charge in [0.05, 0.1) is 12.4 Å². The zero-order valence-corrected chi connectivity index (χ0v) is 12.4. The molecule has 1 aliphatic rings. The molecule has 1 saturated heterocycles.